The molecule has 1 aliphatic heterocycles. The molecule has 1 saturated heterocycles. The highest BCUT2D eigenvalue weighted by Crippen LogP contribution is 2.16. The maximum absolute atomic E-state index is 12.0. The van der Waals surface area contributed by atoms with Crippen LogP contribution in [0, 0.1) is 0 Å². The SMILES string of the molecule is N[C@H]1CCCN(C(=O)NCCCSCc2ccc(Cl)cc2)C1. The topological polar surface area (TPSA) is 58.4 Å². The number of benzene rings is 1. The minimum Gasteiger partial charge on any atom is -0.338 e. The smallest absolute Gasteiger partial charge is 0.317 e. The number of nitrogens with two attached hydrogens (primary N) is 1. The highest BCUT2D eigenvalue weighted by Gasteiger charge is 2.20. The number of nitrogens with one attached hydrogen (secondary N) is 1. The quantitative estimate of drug-likeness (QED) is 0.782. The Bertz CT molecular complexity index is 469. The molecular formula is C16H24ClN3OS. The molecule has 1 fully saturated rings. The Balaban J connectivity index is 1.53. The molecule has 4 nitrogen and oxygen atoms in total. The number of piperidine rings is 1. The molecule has 122 valence electrons. The fraction of sp³-hybridized carbons (Fsp3) is 0.562. The lowest BCUT2D eigenvalue weighted by molar-refractivity contribution is 0.180. The van der Waals surface area contributed by atoms with Crippen molar-refractivity contribution in [1.29, 1.82) is 0 Å². The van der Waals surface area contributed by atoms with Crippen molar-refractivity contribution in [3.05, 3.63) is 34.9 Å². The number of carbonyl (C=O) groups excluding carboxylic acids is 1. The van der Waals surface area contributed by atoms with E-state index < -0.39 is 0 Å². The van der Waals surface area contributed by atoms with Crippen LogP contribution in [0.25, 0.3) is 0 Å². The van der Waals surface area contributed by atoms with E-state index in [-0.39, 0.29) is 12.1 Å². The molecule has 3 N–H and O–H groups in total. The van der Waals surface area contributed by atoms with Crippen molar-refractivity contribution >= 4 is 29.4 Å². The van der Waals surface area contributed by atoms with Crippen LogP contribution in [-0.2, 0) is 5.75 Å². The minimum atomic E-state index is 0.0258. The van der Waals surface area contributed by atoms with Gasteiger partial charge in [-0.15, -0.1) is 0 Å². The van der Waals surface area contributed by atoms with E-state index in [4.69, 9.17) is 17.3 Å². The van der Waals surface area contributed by atoms with Gasteiger partial charge in [-0.3, -0.25) is 0 Å². The second-order valence-corrected chi connectivity index (χ2v) is 7.15. The van der Waals surface area contributed by atoms with Crippen LogP contribution in [0.15, 0.2) is 24.3 Å². The summed E-state index contributed by atoms with van der Waals surface area (Å²) < 4.78 is 0. The van der Waals surface area contributed by atoms with E-state index in [2.05, 4.69) is 17.4 Å². The van der Waals surface area contributed by atoms with Crippen LogP contribution in [0.2, 0.25) is 5.02 Å². The number of rotatable bonds is 6. The number of urea groups is 1. The summed E-state index contributed by atoms with van der Waals surface area (Å²) in [5.74, 6) is 2.01. The Labute approximate surface area is 141 Å². The van der Waals surface area contributed by atoms with E-state index in [9.17, 15) is 4.79 Å². The summed E-state index contributed by atoms with van der Waals surface area (Å²) in [7, 11) is 0. The number of hydrogen-bond donors (Lipinski definition) is 2. The van der Waals surface area contributed by atoms with E-state index in [1.807, 2.05) is 28.8 Å². The van der Waals surface area contributed by atoms with Gasteiger partial charge in [0.2, 0.25) is 0 Å². The fourth-order valence-electron chi connectivity index (χ4n) is 2.45. The van der Waals surface area contributed by atoms with Gasteiger partial charge in [0.1, 0.15) is 0 Å². The summed E-state index contributed by atoms with van der Waals surface area (Å²) in [6.45, 7) is 2.22. The average Bonchev–Trinajstić information content (AvgIpc) is 2.52. The third kappa shape index (κ3) is 6.07. The Morgan fingerprint density at radius 2 is 2.18 bits per heavy atom. The molecule has 0 radical (unpaired) electrons. The molecule has 2 amide bonds. The maximum Gasteiger partial charge on any atom is 0.317 e. The number of amides is 2. The van der Waals surface area contributed by atoms with Crippen LogP contribution >= 0.6 is 23.4 Å². The first kappa shape index (κ1) is 17.4. The second kappa shape index (κ2) is 9.28. The van der Waals surface area contributed by atoms with Crippen LogP contribution in [0.3, 0.4) is 0 Å². The molecule has 1 aliphatic rings. The van der Waals surface area contributed by atoms with Gasteiger partial charge >= 0.3 is 6.03 Å². The highest BCUT2D eigenvalue weighted by atomic mass is 35.5. The normalized spacial score (nSPS) is 18.3. The monoisotopic (exact) mass is 341 g/mol. The van der Waals surface area contributed by atoms with Crippen LogP contribution in [0.4, 0.5) is 4.79 Å². The lowest BCUT2D eigenvalue weighted by Crippen LogP contribution is -2.49. The number of carbonyl (C=O) groups is 1. The van der Waals surface area contributed by atoms with E-state index in [0.29, 0.717) is 6.54 Å². The Hall–Kier alpha value is -0.910. The number of thioether (sulfide) groups is 1. The third-order valence-electron chi connectivity index (χ3n) is 3.67. The van der Waals surface area contributed by atoms with Crippen molar-refractivity contribution in [1.82, 2.24) is 10.2 Å². The molecule has 6 heteroatoms. The summed E-state index contributed by atoms with van der Waals surface area (Å²) in [5.41, 5.74) is 7.17. The van der Waals surface area contributed by atoms with Crippen molar-refractivity contribution in [2.24, 2.45) is 5.73 Å². The third-order valence-corrected chi connectivity index (χ3v) is 5.04. The Kier molecular flexibility index (Phi) is 7.36. The minimum absolute atomic E-state index is 0.0258. The zero-order chi connectivity index (χ0) is 15.8. The molecule has 22 heavy (non-hydrogen) atoms. The molecule has 0 spiro atoms. The molecule has 0 saturated carbocycles. The van der Waals surface area contributed by atoms with Gasteiger partial charge in [-0.1, -0.05) is 23.7 Å². The summed E-state index contributed by atoms with van der Waals surface area (Å²) in [6, 6.07) is 8.10. The first-order valence-electron chi connectivity index (χ1n) is 7.75. The van der Waals surface area contributed by atoms with E-state index in [1.165, 1.54) is 5.56 Å². The van der Waals surface area contributed by atoms with Gasteiger partial charge in [0, 0.05) is 36.5 Å². The van der Waals surface area contributed by atoms with Gasteiger partial charge in [0.05, 0.1) is 0 Å². The molecule has 1 aromatic carbocycles. The molecule has 0 bridgehead atoms. The lowest BCUT2D eigenvalue weighted by Gasteiger charge is -2.30. The predicted octanol–water partition coefficient (Wildman–Crippen LogP) is 3.10. The van der Waals surface area contributed by atoms with E-state index in [0.717, 1.165) is 48.9 Å². The first-order chi connectivity index (χ1) is 10.6. The predicted molar refractivity (Wildman–Crippen MR) is 94.4 cm³/mol. The van der Waals surface area contributed by atoms with Crippen molar-refractivity contribution in [2.75, 3.05) is 25.4 Å². The second-order valence-electron chi connectivity index (χ2n) is 5.61. The fourth-order valence-corrected chi connectivity index (χ4v) is 3.49. The van der Waals surface area contributed by atoms with Crippen molar-refractivity contribution in [3.8, 4) is 0 Å². The lowest BCUT2D eigenvalue weighted by atomic mass is 10.1. The van der Waals surface area contributed by atoms with Gasteiger partial charge in [0.25, 0.3) is 0 Å². The molecule has 1 atom stereocenters. The number of hydrogen-bond acceptors (Lipinski definition) is 3. The van der Waals surface area contributed by atoms with Crippen LogP contribution in [0.5, 0.6) is 0 Å². The highest BCUT2D eigenvalue weighted by molar-refractivity contribution is 7.98. The Morgan fingerprint density at radius 1 is 1.41 bits per heavy atom. The van der Waals surface area contributed by atoms with Crippen molar-refractivity contribution < 1.29 is 4.79 Å². The molecule has 0 unspecified atom stereocenters. The van der Waals surface area contributed by atoms with Crippen LogP contribution in [0.1, 0.15) is 24.8 Å². The first-order valence-corrected chi connectivity index (χ1v) is 9.29. The van der Waals surface area contributed by atoms with Crippen molar-refractivity contribution in [2.45, 2.75) is 31.1 Å². The molecule has 0 aliphatic carbocycles. The summed E-state index contributed by atoms with van der Waals surface area (Å²) in [4.78, 5) is 13.8. The zero-order valence-corrected chi connectivity index (χ0v) is 14.3. The summed E-state index contributed by atoms with van der Waals surface area (Å²) in [6.07, 6.45) is 3.00. The standard InChI is InChI=1S/C16H24ClN3OS/c17-14-6-4-13(5-7-14)12-22-10-2-8-19-16(21)20-9-1-3-15(18)11-20/h4-7,15H,1-3,8-12,18H2,(H,19,21)/t15-/m0/s1. The van der Waals surface area contributed by atoms with Gasteiger partial charge in [-0.25, -0.2) is 4.79 Å². The number of halogens is 1. The van der Waals surface area contributed by atoms with Gasteiger partial charge in [-0.05, 0) is 42.7 Å². The maximum atomic E-state index is 12.0. The summed E-state index contributed by atoms with van der Waals surface area (Å²) >= 11 is 7.73. The van der Waals surface area contributed by atoms with Crippen LogP contribution < -0.4 is 11.1 Å². The molecule has 0 aromatic heterocycles. The Morgan fingerprint density at radius 3 is 2.91 bits per heavy atom. The zero-order valence-electron chi connectivity index (χ0n) is 12.8. The number of nitrogens with zero attached hydrogens (tertiary/aromatic N) is 1. The average molecular weight is 342 g/mol. The van der Waals surface area contributed by atoms with Crippen molar-refractivity contribution in [3.63, 3.8) is 0 Å². The van der Waals surface area contributed by atoms with E-state index >= 15 is 0 Å². The number of likely N-dealkylation sites (tertiary alicyclic amines) is 1. The van der Waals surface area contributed by atoms with Crippen LogP contribution in [-0.4, -0.2) is 42.4 Å². The van der Waals surface area contributed by atoms with E-state index in [1.54, 1.807) is 0 Å². The summed E-state index contributed by atoms with van der Waals surface area (Å²) in [5, 5.41) is 3.75. The molecule has 2 rings (SSSR count). The van der Waals surface area contributed by atoms with Gasteiger partial charge < -0.3 is 16.0 Å². The molecule has 1 heterocycles. The largest absolute Gasteiger partial charge is 0.338 e. The molecular weight excluding hydrogens is 318 g/mol. The van der Waals surface area contributed by atoms with Gasteiger partial charge in [-0.2, -0.15) is 11.8 Å². The molecule has 1 aromatic rings. The van der Waals surface area contributed by atoms with Gasteiger partial charge in [0.15, 0.2) is 0 Å².